The van der Waals surface area contributed by atoms with Crippen molar-refractivity contribution in [3.63, 3.8) is 0 Å². The number of benzene rings is 2. The Bertz CT molecular complexity index is 1230. The summed E-state index contributed by atoms with van der Waals surface area (Å²) in [6, 6.07) is 15.1. The number of rotatable bonds is 5. The first-order valence-electron chi connectivity index (χ1n) is 9.82. The zero-order valence-corrected chi connectivity index (χ0v) is 18.5. The SMILES string of the molecule is Cc1cccc(NC(=O)Nc2ccc(-c3c(CN(C)C)sc4ncnc(N)c34)cc2)c1. The number of aromatic nitrogens is 2. The van der Waals surface area contributed by atoms with E-state index >= 15 is 0 Å². The normalized spacial score (nSPS) is 11.1. The molecule has 2 amide bonds. The van der Waals surface area contributed by atoms with E-state index in [1.807, 2.05) is 69.6 Å². The van der Waals surface area contributed by atoms with Gasteiger partial charge >= 0.3 is 6.03 Å². The second kappa shape index (κ2) is 8.71. The number of aryl methyl sites for hydroxylation is 1. The van der Waals surface area contributed by atoms with Gasteiger partial charge in [-0.1, -0.05) is 24.3 Å². The monoisotopic (exact) mass is 432 g/mol. The van der Waals surface area contributed by atoms with Crippen LogP contribution < -0.4 is 16.4 Å². The van der Waals surface area contributed by atoms with Crippen LogP contribution in [0, 0.1) is 6.92 Å². The van der Waals surface area contributed by atoms with E-state index in [1.54, 1.807) is 11.3 Å². The van der Waals surface area contributed by atoms with Crippen LogP contribution >= 0.6 is 11.3 Å². The highest BCUT2D eigenvalue weighted by atomic mass is 32.1. The van der Waals surface area contributed by atoms with Crippen LogP contribution in [0.5, 0.6) is 0 Å². The number of hydrogen-bond acceptors (Lipinski definition) is 6. The number of carbonyl (C=O) groups is 1. The Morgan fingerprint density at radius 2 is 1.81 bits per heavy atom. The smallest absolute Gasteiger partial charge is 0.323 e. The Morgan fingerprint density at radius 3 is 2.52 bits per heavy atom. The molecule has 31 heavy (non-hydrogen) atoms. The first-order valence-corrected chi connectivity index (χ1v) is 10.6. The van der Waals surface area contributed by atoms with Gasteiger partial charge in [0.1, 0.15) is 17.0 Å². The van der Waals surface area contributed by atoms with Crippen LogP contribution in [0.4, 0.5) is 22.0 Å². The highest BCUT2D eigenvalue weighted by Gasteiger charge is 2.18. The van der Waals surface area contributed by atoms with Crippen LogP contribution in [-0.4, -0.2) is 35.0 Å². The summed E-state index contributed by atoms with van der Waals surface area (Å²) < 4.78 is 0. The minimum atomic E-state index is -0.287. The lowest BCUT2D eigenvalue weighted by Crippen LogP contribution is -2.19. The Kier molecular flexibility index (Phi) is 5.83. The molecule has 4 N–H and O–H groups in total. The van der Waals surface area contributed by atoms with Gasteiger partial charge in [0.05, 0.1) is 5.39 Å². The molecular formula is C23H24N6OS. The molecule has 2 aromatic carbocycles. The summed E-state index contributed by atoms with van der Waals surface area (Å²) in [6.07, 6.45) is 1.50. The molecule has 0 aliphatic rings. The molecule has 0 fully saturated rings. The van der Waals surface area contributed by atoms with Gasteiger partial charge in [0, 0.05) is 28.4 Å². The number of carbonyl (C=O) groups excluding carboxylic acids is 1. The molecule has 0 unspecified atom stereocenters. The molecule has 0 saturated heterocycles. The summed E-state index contributed by atoms with van der Waals surface area (Å²) >= 11 is 1.63. The summed E-state index contributed by atoms with van der Waals surface area (Å²) in [5.74, 6) is 0.473. The molecule has 0 saturated carbocycles. The van der Waals surface area contributed by atoms with E-state index in [0.717, 1.165) is 39.1 Å². The van der Waals surface area contributed by atoms with Crippen molar-refractivity contribution in [2.24, 2.45) is 0 Å². The van der Waals surface area contributed by atoms with Gasteiger partial charge in [-0.3, -0.25) is 0 Å². The average molecular weight is 433 g/mol. The number of hydrogen-bond donors (Lipinski definition) is 3. The summed E-state index contributed by atoms with van der Waals surface area (Å²) in [6.45, 7) is 2.76. The maximum Gasteiger partial charge on any atom is 0.323 e. The van der Waals surface area contributed by atoms with Crippen molar-refractivity contribution in [2.45, 2.75) is 13.5 Å². The number of urea groups is 1. The molecule has 2 aromatic heterocycles. The lowest BCUT2D eigenvalue weighted by atomic mass is 10.0. The number of nitrogens with two attached hydrogens (primary N) is 1. The third kappa shape index (κ3) is 4.65. The van der Waals surface area contributed by atoms with Crippen LogP contribution in [0.15, 0.2) is 54.9 Å². The number of nitrogens with zero attached hydrogens (tertiary/aromatic N) is 3. The average Bonchev–Trinajstić information content (AvgIpc) is 3.07. The maximum atomic E-state index is 12.3. The van der Waals surface area contributed by atoms with Gasteiger partial charge in [0.15, 0.2) is 0 Å². The fourth-order valence-electron chi connectivity index (χ4n) is 3.44. The molecule has 7 nitrogen and oxygen atoms in total. The van der Waals surface area contributed by atoms with Gasteiger partial charge in [-0.15, -0.1) is 11.3 Å². The van der Waals surface area contributed by atoms with Gasteiger partial charge in [-0.05, 0) is 56.4 Å². The molecule has 0 spiro atoms. The van der Waals surface area contributed by atoms with Crippen LogP contribution in [0.2, 0.25) is 0 Å². The Hall–Kier alpha value is -3.49. The van der Waals surface area contributed by atoms with Crippen molar-refractivity contribution >= 4 is 44.8 Å². The molecule has 0 radical (unpaired) electrons. The number of anilines is 3. The van der Waals surface area contributed by atoms with Crippen LogP contribution in [0.3, 0.4) is 0 Å². The van der Waals surface area contributed by atoms with E-state index in [9.17, 15) is 4.79 Å². The minimum absolute atomic E-state index is 0.287. The number of nitrogen functional groups attached to an aromatic ring is 1. The minimum Gasteiger partial charge on any atom is -0.383 e. The van der Waals surface area contributed by atoms with Crippen molar-refractivity contribution in [1.82, 2.24) is 14.9 Å². The van der Waals surface area contributed by atoms with Crippen molar-refractivity contribution < 1.29 is 4.79 Å². The topological polar surface area (TPSA) is 96.2 Å². The van der Waals surface area contributed by atoms with Crippen LogP contribution in [-0.2, 0) is 6.54 Å². The fourth-order valence-corrected chi connectivity index (χ4v) is 4.73. The lowest BCUT2D eigenvalue weighted by Gasteiger charge is -2.12. The highest BCUT2D eigenvalue weighted by molar-refractivity contribution is 7.19. The first-order chi connectivity index (χ1) is 14.9. The van der Waals surface area contributed by atoms with Crippen molar-refractivity contribution in [2.75, 3.05) is 30.5 Å². The van der Waals surface area contributed by atoms with Crippen molar-refractivity contribution in [1.29, 1.82) is 0 Å². The first kappa shape index (κ1) is 20.8. The van der Waals surface area contributed by atoms with Gasteiger partial charge < -0.3 is 21.3 Å². The highest BCUT2D eigenvalue weighted by Crippen LogP contribution is 2.40. The molecule has 0 bridgehead atoms. The zero-order valence-electron chi connectivity index (χ0n) is 17.6. The second-order valence-electron chi connectivity index (χ2n) is 7.60. The molecule has 2 heterocycles. The standard InChI is InChI=1S/C23H24N6OS/c1-14-5-4-6-17(11-14)28-23(30)27-16-9-7-15(8-10-16)19-18(12-29(2)3)31-22-20(19)21(24)25-13-26-22/h4-11,13H,12H2,1-3H3,(H2,24,25,26)(H2,27,28,30). The van der Waals surface area contributed by atoms with Gasteiger partial charge in [-0.25, -0.2) is 14.8 Å². The predicted molar refractivity (Wildman–Crippen MR) is 128 cm³/mol. The molecule has 0 atom stereocenters. The van der Waals surface area contributed by atoms with E-state index in [-0.39, 0.29) is 6.03 Å². The quantitative estimate of drug-likeness (QED) is 0.414. The third-order valence-electron chi connectivity index (χ3n) is 4.76. The number of thiophene rings is 1. The summed E-state index contributed by atoms with van der Waals surface area (Å²) in [5.41, 5.74) is 10.8. The largest absolute Gasteiger partial charge is 0.383 e. The molecule has 0 aliphatic heterocycles. The van der Waals surface area contributed by atoms with Gasteiger partial charge in [-0.2, -0.15) is 0 Å². The van der Waals surface area contributed by atoms with Crippen molar-refractivity contribution in [3.05, 3.63) is 65.3 Å². The van der Waals surface area contributed by atoms with Gasteiger partial charge in [0.25, 0.3) is 0 Å². The fraction of sp³-hybridized carbons (Fsp3) is 0.174. The van der Waals surface area contributed by atoms with Crippen molar-refractivity contribution in [3.8, 4) is 11.1 Å². The predicted octanol–water partition coefficient (Wildman–Crippen LogP) is 4.95. The second-order valence-corrected chi connectivity index (χ2v) is 8.69. The molecule has 4 aromatic rings. The van der Waals surface area contributed by atoms with Gasteiger partial charge in [0.2, 0.25) is 0 Å². The number of nitrogens with one attached hydrogen (secondary N) is 2. The molecule has 158 valence electrons. The zero-order chi connectivity index (χ0) is 22.0. The van der Waals surface area contributed by atoms with E-state index in [2.05, 4.69) is 25.5 Å². The van der Waals surface area contributed by atoms with E-state index in [1.165, 1.54) is 11.2 Å². The third-order valence-corrected chi connectivity index (χ3v) is 5.84. The van der Waals surface area contributed by atoms with E-state index < -0.39 is 0 Å². The molecule has 0 aliphatic carbocycles. The Morgan fingerprint density at radius 1 is 1.06 bits per heavy atom. The molecule has 4 rings (SSSR count). The summed E-state index contributed by atoms with van der Waals surface area (Å²) in [4.78, 5) is 25.1. The number of fused-ring (bicyclic) bond motifs is 1. The Labute approximate surface area is 184 Å². The summed E-state index contributed by atoms with van der Waals surface area (Å²) in [7, 11) is 4.06. The van der Waals surface area contributed by atoms with Crippen LogP contribution in [0.1, 0.15) is 10.4 Å². The van der Waals surface area contributed by atoms with E-state index in [4.69, 9.17) is 5.73 Å². The Balaban J connectivity index is 1.59. The molecule has 8 heteroatoms. The lowest BCUT2D eigenvalue weighted by molar-refractivity contribution is 0.262. The maximum absolute atomic E-state index is 12.3. The number of amides is 2. The van der Waals surface area contributed by atoms with Crippen LogP contribution in [0.25, 0.3) is 21.3 Å². The van der Waals surface area contributed by atoms with E-state index in [0.29, 0.717) is 11.5 Å². The summed E-state index contributed by atoms with van der Waals surface area (Å²) in [5, 5.41) is 6.60. The molecular weight excluding hydrogens is 408 g/mol.